The fourth-order valence-electron chi connectivity index (χ4n) is 4.99. The van der Waals surface area contributed by atoms with E-state index in [0.717, 1.165) is 0 Å². The van der Waals surface area contributed by atoms with Gasteiger partial charge in [-0.2, -0.15) is 0 Å². The quantitative estimate of drug-likeness (QED) is 0.269. The summed E-state index contributed by atoms with van der Waals surface area (Å²) in [6.45, 7) is 14.6. The molecule has 0 aromatic carbocycles. The van der Waals surface area contributed by atoms with Gasteiger partial charge in [-0.1, -0.05) is 0 Å². The molecule has 0 radical (unpaired) electrons. The molecule has 1 N–H and O–H groups in total. The normalized spacial score (nSPS) is 23.3. The molecule has 2 nitrogen and oxygen atoms in total. The summed E-state index contributed by atoms with van der Waals surface area (Å²) in [7, 11) is 4.28. The summed E-state index contributed by atoms with van der Waals surface area (Å²) in [4.78, 5) is 0. The first kappa shape index (κ1) is 23.5. The summed E-state index contributed by atoms with van der Waals surface area (Å²) in [5.74, 6) is 0.707. The summed E-state index contributed by atoms with van der Waals surface area (Å²) in [6, 6.07) is 0.554. The van der Waals surface area contributed by atoms with Crippen molar-refractivity contribution in [1.82, 2.24) is 10.4 Å². The first-order chi connectivity index (χ1) is 11.7. The van der Waals surface area contributed by atoms with Gasteiger partial charge >= 0.3 is 163 Å². The molecule has 2 unspecified atom stereocenters. The maximum atomic E-state index is 3.77. The molecule has 1 aliphatic rings. The molecule has 2 atom stereocenters. The molecule has 0 saturated heterocycles. The standard InChI is InChI=1S/C10H19N2.3C4H9.Sn/c1-8-6-7-10(2,3)9(8)11-12(4)5;3*1-3-4-2;/h7-9,11H,1-5H3;3*1,3-4H2,2H3;. The Balaban J connectivity index is 3.21. The molecule has 0 bridgehead atoms. The Hall–Kier alpha value is 0.459. The van der Waals surface area contributed by atoms with Crippen molar-refractivity contribution in [3.63, 3.8) is 0 Å². The minimum absolute atomic E-state index is 0.270. The number of hydrogen-bond acceptors (Lipinski definition) is 2. The van der Waals surface area contributed by atoms with Crippen molar-refractivity contribution < 1.29 is 0 Å². The van der Waals surface area contributed by atoms with Gasteiger partial charge in [0, 0.05) is 0 Å². The molecule has 148 valence electrons. The summed E-state index contributed by atoms with van der Waals surface area (Å²) in [5.41, 5.74) is 4.04. The predicted octanol–water partition coefficient (Wildman–Crippen LogP) is 6.41. The van der Waals surface area contributed by atoms with E-state index < -0.39 is 18.4 Å². The third kappa shape index (κ3) is 6.24. The van der Waals surface area contributed by atoms with Gasteiger partial charge in [0.2, 0.25) is 0 Å². The van der Waals surface area contributed by atoms with E-state index in [9.17, 15) is 0 Å². The van der Waals surface area contributed by atoms with Crippen molar-refractivity contribution >= 4 is 18.4 Å². The van der Waals surface area contributed by atoms with Crippen molar-refractivity contribution in [2.75, 3.05) is 14.1 Å². The molecule has 0 aromatic heterocycles. The van der Waals surface area contributed by atoms with Crippen LogP contribution in [0.1, 0.15) is 80.1 Å². The van der Waals surface area contributed by atoms with Crippen molar-refractivity contribution in [2.24, 2.45) is 11.3 Å². The average Bonchev–Trinajstić information content (AvgIpc) is 2.78. The van der Waals surface area contributed by atoms with Gasteiger partial charge in [-0.05, 0) is 0 Å². The van der Waals surface area contributed by atoms with Crippen molar-refractivity contribution in [1.29, 1.82) is 0 Å². The third-order valence-corrected chi connectivity index (χ3v) is 22.8. The van der Waals surface area contributed by atoms with Crippen LogP contribution in [0.15, 0.2) is 9.67 Å². The van der Waals surface area contributed by atoms with E-state index in [2.05, 4.69) is 72.1 Å². The number of hydrazine groups is 1. The summed E-state index contributed by atoms with van der Waals surface area (Å²) < 4.78 is 6.75. The molecule has 0 amide bonds. The monoisotopic (exact) mass is 458 g/mol. The Morgan fingerprint density at radius 3 is 1.76 bits per heavy atom. The second kappa shape index (κ2) is 10.7. The molecule has 25 heavy (non-hydrogen) atoms. The second-order valence-electron chi connectivity index (χ2n) is 9.30. The molecular formula is C22H46N2Sn. The fourth-order valence-corrected chi connectivity index (χ4v) is 23.6. The first-order valence-electron chi connectivity index (χ1n) is 10.9. The van der Waals surface area contributed by atoms with Crippen LogP contribution in [-0.4, -0.2) is 43.5 Å². The second-order valence-corrected chi connectivity index (χ2v) is 22.5. The van der Waals surface area contributed by atoms with Gasteiger partial charge < -0.3 is 0 Å². The summed E-state index contributed by atoms with van der Waals surface area (Å²) in [5, 5.41) is 2.17. The van der Waals surface area contributed by atoms with Gasteiger partial charge in [0.05, 0.1) is 0 Å². The van der Waals surface area contributed by atoms with Crippen LogP contribution in [0.2, 0.25) is 13.3 Å². The number of hydrogen-bond donors (Lipinski definition) is 1. The number of rotatable bonds is 12. The Labute approximate surface area is 163 Å². The molecule has 3 heteroatoms. The number of nitrogens with zero attached hydrogens (tertiary/aromatic N) is 1. The van der Waals surface area contributed by atoms with Crippen LogP contribution in [0.5, 0.6) is 0 Å². The molecule has 0 heterocycles. The van der Waals surface area contributed by atoms with Crippen LogP contribution in [-0.2, 0) is 0 Å². The van der Waals surface area contributed by atoms with Crippen molar-refractivity contribution in [3.05, 3.63) is 9.67 Å². The Morgan fingerprint density at radius 2 is 1.40 bits per heavy atom. The van der Waals surface area contributed by atoms with E-state index in [1.54, 1.807) is 13.3 Å². The van der Waals surface area contributed by atoms with E-state index in [-0.39, 0.29) is 5.41 Å². The Morgan fingerprint density at radius 1 is 0.960 bits per heavy atom. The number of nitrogens with one attached hydrogen (secondary N) is 1. The Kier molecular flexibility index (Phi) is 10.1. The maximum absolute atomic E-state index is 3.77. The predicted molar refractivity (Wildman–Crippen MR) is 117 cm³/mol. The molecule has 0 aromatic rings. The van der Waals surface area contributed by atoms with E-state index in [1.165, 1.54) is 38.5 Å². The van der Waals surface area contributed by atoms with Crippen LogP contribution in [0.25, 0.3) is 0 Å². The van der Waals surface area contributed by atoms with Crippen LogP contribution < -0.4 is 5.43 Å². The number of unbranched alkanes of at least 4 members (excludes halogenated alkanes) is 3. The molecule has 0 saturated carbocycles. The topological polar surface area (TPSA) is 15.3 Å². The molecule has 0 fully saturated rings. The third-order valence-electron chi connectivity index (χ3n) is 6.36. The zero-order valence-electron chi connectivity index (χ0n) is 18.5. The van der Waals surface area contributed by atoms with Gasteiger partial charge in [-0.3, -0.25) is 0 Å². The van der Waals surface area contributed by atoms with E-state index >= 15 is 0 Å². The molecule has 1 rings (SSSR count). The molecular weight excluding hydrogens is 411 g/mol. The first-order valence-corrected chi connectivity index (χ1v) is 18.4. The van der Waals surface area contributed by atoms with E-state index in [0.29, 0.717) is 12.0 Å². The van der Waals surface area contributed by atoms with Gasteiger partial charge in [0.15, 0.2) is 0 Å². The van der Waals surface area contributed by atoms with Crippen molar-refractivity contribution in [2.45, 2.75) is 99.4 Å². The van der Waals surface area contributed by atoms with Gasteiger partial charge in [0.25, 0.3) is 0 Å². The van der Waals surface area contributed by atoms with Crippen molar-refractivity contribution in [3.8, 4) is 0 Å². The summed E-state index contributed by atoms with van der Waals surface area (Å²) in [6.07, 6.45) is 11.2. The molecule has 1 aliphatic carbocycles. The van der Waals surface area contributed by atoms with Gasteiger partial charge in [-0.15, -0.1) is 0 Å². The minimum atomic E-state index is -2.29. The van der Waals surface area contributed by atoms with Crippen LogP contribution >= 0.6 is 0 Å². The zero-order valence-corrected chi connectivity index (χ0v) is 21.4. The van der Waals surface area contributed by atoms with Crippen LogP contribution in [0, 0.1) is 11.3 Å². The van der Waals surface area contributed by atoms with Gasteiger partial charge in [-0.25, -0.2) is 0 Å². The van der Waals surface area contributed by atoms with Crippen LogP contribution in [0.3, 0.4) is 0 Å². The van der Waals surface area contributed by atoms with Crippen LogP contribution in [0.4, 0.5) is 0 Å². The molecule has 0 spiro atoms. The summed E-state index contributed by atoms with van der Waals surface area (Å²) >= 11 is -2.29. The van der Waals surface area contributed by atoms with E-state index in [1.807, 2.05) is 3.59 Å². The SMILES string of the molecule is CCC[CH2][Sn]([CH2]CCC)([CH2]CCC)[C]1=CC(C)(C)C(NN(C)C)C1C. The molecule has 0 aliphatic heterocycles. The van der Waals surface area contributed by atoms with Gasteiger partial charge in [0.1, 0.15) is 0 Å². The average molecular weight is 457 g/mol. The zero-order chi connectivity index (χ0) is 19.1. The fraction of sp³-hybridized carbons (Fsp3) is 0.909. The Bertz CT molecular complexity index is 392. The van der Waals surface area contributed by atoms with E-state index in [4.69, 9.17) is 0 Å².